The first-order chi connectivity index (χ1) is 12.4. The predicted octanol–water partition coefficient (Wildman–Crippen LogP) is 6.05. The average molecular weight is 442 g/mol. The van der Waals surface area contributed by atoms with E-state index in [-0.39, 0.29) is 23.8 Å². The maximum atomic E-state index is 13.9. The molecular formula is C19H15BrClFO4. The number of ether oxygens (including phenoxy) is 2. The molecule has 0 saturated heterocycles. The van der Waals surface area contributed by atoms with Crippen molar-refractivity contribution in [2.45, 2.75) is 20.5 Å². The molecule has 4 nitrogen and oxygen atoms in total. The highest BCUT2D eigenvalue weighted by Gasteiger charge is 2.21. The van der Waals surface area contributed by atoms with E-state index in [4.69, 9.17) is 25.5 Å². The van der Waals surface area contributed by atoms with E-state index in [1.165, 1.54) is 12.1 Å². The maximum Gasteiger partial charge on any atom is 0.342 e. The van der Waals surface area contributed by atoms with Crippen LogP contribution in [-0.2, 0) is 11.3 Å². The van der Waals surface area contributed by atoms with Crippen molar-refractivity contribution in [3.05, 3.63) is 62.5 Å². The van der Waals surface area contributed by atoms with Crippen molar-refractivity contribution in [1.29, 1.82) is 0 Å². The van der Waals surface area contributed by atoms with Crippen LogP contribution in [0.15, 0.2) is 39.2 Å². The third-order valence-corrected chi connectivity index (χ3v) is 4.81. The molecular weight excluding hydrogens is 427 g/mol. The standard InChI is InChI=1S/C19H15BrClFO4/c1-3-24-19(23)18-10(2)26-16-8-13(20)17(7-11(16)18)25-9-12-14(21)5-4-6-15(12)22/h4-8H,3,9H2,1-2H3. The van der Waals surface area contributed by atoms with E-state index >= 15 is 0 Å². The fraction of sp³-hybridized carbons (Fsp3) is 0.211. The van der Waals surface area contributed by atoms with Gasteiger partial charge < -0.3 is 13.9 Å². The van der Waals surface area contributed by atoms with E-state index < -0.39 is 11.8 Å². The monoisotopic (exact) mass is 440 g/mol. The third kappa shape index (κ3) is 3.57. The molecule has 0 spiro atoms. The van der Waals surface area contributed by atoms with Crippen molar-refractivity contribution in [1.82, 2.24) is 0 Å². The smallest absolute Gasteiger partial charge is 0.342 e. The molecule has 3 rings (SSSR count). The van der Waals surface area contributed by atoms with Crippen LogP contribution < -0.4 is 4.74 Å². The Labute approximate surface area is 163 Å². The molecule has 0 aliphatic heterocycles. The van der Waals surface area contributed by atoms with E-state index in [1.807, 2.05) is 0 Å². The SMILES string of the molecule is CCOC(=O)c1c(C)oc2cc(Br)c(OCc3c(F)cccc3Cl)cc12. The summed E-state index contributed by atoms with van der Waals surface area (Å²) in [4.78, 5) is 12.2. The van der Waals surface area contributed by atoms with E-state index in [9.17, 15) is 9.18 Å². The second-order valence-corrected chi connectivity index (χ2v) is 6.78. The molecule has 1 heterocycles. The number of hydrogen-bond acceptors (Lipinski definition) is 4. The number of halogens is 3. The molecule has 0 saturated carbocycles. The van der Waals surface area contributed by atoms with Crippen LogP contribution in [0.25, 0.3) is 11.0 Å². The minimum atomic E-state index is -0.464. The van der Waals surface area contributed by atoms with Gasteiger partial charge in [0, 0.05) is 10.9 Å². The van der Waals surface area contributed by atoms with Gasteiger partial charge in [-0.05, 0) is 54.0 Å². The van der Waals surface area contributed by atoms with Crippen LogP contribution in [0.1, 0.15) is 28.6 Å². The Bertz CT molecular complexity index is 963. The second kappa shape index (κ2) is 7.68. The predicted molar refractivity (Wildman–Crippen MR) is 100 cm³/mol. The fourth-order valence-electron chi connectivity index (χ4n) is 2.61. The Morgan fingerprint density at radius 3 is 2.81 bits per heavy atom. The average Bonchev–Trinajstić information content (AvgIpc) is 2.89. The number of esters is 1. The Morgan fingerprint density at radius 2 is 2.12 bits per heavy atom. The van der Waals surface area contributed by atoms with Gasteiger partial charge in [-0.15, -0.1) is 0 Å². The molecule has 0 amide bonds. The lowest BCUT2D eigenvalue weighted by Gasteiger charge is -2.10. The molecule has 0 fully saturated rings. The highest BCUT2D eigenvalue weighted by atomic mass is 79.9. The lowest BCUT2D eigenvalue weighted by molar-refractivity contribution is 0.0526. The van der Waals surface area contributed by atoms with Crippen LogP contribution in [0.4, 0.5) is 4.39 Å². The number of aryl methyl sites for hydroxylation is 1. The number of benzene rings is 2. The van der Waals surface area contributed by atoms with Gasteiger partial charge in [-0.2, -0.15) is 0 Å². The summed E-state index contributed by atoms with van der Waals surface area (Å²) < 4.78 is 31.0. The number of carbonyl (C=O) groups excluding carboxylic acids is 1. The van der Waals surface area contributed by atoms with Gasteiger partial charge in [-0.25, -0.2) is 9.18 Å². The van der Waals surface area contributed by atoms with Crippen LogP contribution in [0.2, 0.25) is 5.02 Å². The number of rotatable bonds is 5. The normalized spacial score (nSPS) is 11.0. The molecule has 0 atom stereocenters. The number of fused-ring (bicyclic) bond motifs is 1. The van der Waals surface area contributed by atoms with Crippen LogP contribution in [0.5, 0.6) is 5.75 Å². The zero-order valence-corrected chi connectivity index (χ0v) is 16.4. The van der Waals surface area contributed by atoms with Gasteiger partial charge in [-0.1, -0.05) is 17.7 Å². The first-order valence-corrected chi connectivity index (χ1v) is 9.05. The first kappa shape index (κ1) is 18.7. The summed E-state index contributed by atoms with van der Waals surface area (Å²) in [5.41, 5.74) is 1.13. The van der Waals surface area contributed by atoms with Gasteiger partial charge in [0.1, 0.15) is 35.1 Å². The molecule has 0 N–H and O–H groups in total. The Kier molecular flexibility index (Phi) is 5.53. The molecule has 136 valence electrons. The summed E-state index contributed by atoms with van der Waals surface area (Å²) in [6, 6.07) is 7.81. The zero-order chi connectivity index (χ0) is 18.8. The third-order valence-electron chi connectivity index (χ3n) is 3.83. The number of furan rings is 1. The van der Waals surface area contributed by atoms with Crippen molar-refractivity contribution in [3.8, 4) is 5.75 Å². The second-order valence-electron chi connectivity index (χ2n) is 5.52. The summed E-state index contributed by atoms with van der Waals surface area (Å²) >= 11 is 9.43. The first-order valence-electron chi connectivity index (χ1n) is 7.87. The van der Waals surface area contributed by atoms with E-state index in [2.05, 4.69) is 15.9 Å². The van der Waals surface area contributed by atoms with Crippen LogP contribution in [-0.4, -0.2) is 12.6 Å². The number of hydrogen-bond donors (Lipinski definition) is 0. The van der Waals surface area contributed by atoms with E-state index in [1.54, 1.807) is 32.0 Å². The van der Waals surface area contributed by atoms with Gasteiger partial charge >= 0.3 is 5.97 Å². The molecule has 3 aromatic rings. The summed E-state index contributed by atoms with van der Waals surface area (Å²) in [7, 11) is 0. The topological polar surface area (TPSA) is 48.7 Å². The zero-order valence-electron chi connectivity index (χ0n) is 14.1. The van der Waals surface area contributed by atoms with Gasteiger partial charge in [0.25, 0.3) is 0 Å². The van der Waals surface area contributed by atoms with Gasteiger partial charge in [0.2, 0.25) is 0 Å². The molecule has 26 heavy (non-hydrogen) atoms. The number of carbonyl (C=O) groups is 1. The molecule has 0 unspecified atom stereocenters. The van der Waals surface area contributed by atoms with Crippen molar-refractivity contribution in [2.24, 2.45) is 0 Å². The minimum Gasteiger partial charge on any atom is -0.488 e. The molecule has 0 radical (unpaired) electrons. The summed E-state index contributed by atoms with van der Waals surface area (Å²) in [6.45, 7) is 3.64. The van der Waals surface area contributed by atoms with Crippen LogP contribution >= 0.6 is 27.5 Å². The lowest BCUT2D eigenvalue weighted by Crippen LogP contribution is -2.05. The molecule has 0 bridgehead atoms. The Morgan fingerprint density at radius 1 is 1.35 bits per heavy atom. The van der Waals surface area contributed by atoms with Crippen molar-refractivity contribution >= 4 is 44.5 Å². The molecule has 2 aromatic carbocycles. The van der Waals surface area contributed by atoms with Crippen molar-refractivity contribution in [3.63, 3.8) is 0 Å². The largest absolute Gasteiger partial charge is 0.488 e. The van der Waals surface area contributed by atoms with Crippen LogP contribution in [0, 0.1) is 12.7 Å². The highest BCUT2D eigenvalue weighted by Crippen LogP contribution is 2.36. The van der Waals surface area contributed by atoms with Crippen molar-refractivity contribution in [2.75, 3.05) is 6.61 Å². The van der Waals surface area contributed by atoms with Gasteiger partial charge in [-0.3, -0.25) is 0 Å². The van der Waals surface area contributed by atoms with E-state index in [0.717, 1.165) is 0 Å². The Balaban J connectivity index is 1.97. The summed E-state index contributed by atoms with van der Waals surface area (Å²) in [6.07, 6.45) is 0. The van der Waals surface area contributed by atoms with E-state index in [0.29, 0.717) is 32.5 Å². The van der Waals surface area contributed by atoms with Gasteiger partial charge in [0.05, 0.1) is 16.1 Å². The quantitative estimate of drug-likeness (QED) is 0.452. The van der Waals surface area contributed by atoms with Gasteiger partial charge in [0.15, 0.2) is 0 Å². The van der Waals surface area contributed by atoms with Crippen LogP contribution in [0.3, 0.4) is 0 Å². The molecule has 1 aromatic heterocycles. The summed E-state index contributed by atoms with van der Waals surface area (Å²) in [5.74, 6) is -0.0157. The highest BCUT2D eigenvalue weighted by molar-refractivity contribution is 9.10. The molecule has 7 heteroatoms. The maximum absolute atomic E-state index is 13.9. The Hall–Kier alpha value is -2.05. The lowest BCUT2D eigenvalue weighted by atomic mass is 10.1. The fourth-order valence-corrected chi connectivity index (χ4v) is 3.26. The minimum absolute atomic E-state index is 0.0544. The molecule has 0 aliphatic rings. The summed E-state index contributed by atoms with van der Waals surface area (Å²) in [5, 5.41) is 0.854. The van der Waals surface area contributed by atoms with Crippen molar-refractivity contribution < 1.29 is 23.1 Å². The molecule has 0 aliphatic carbocycles.